The van der Waals surface area contributed by atoms with Crippen molar-refractivity contribution < 1.29 is 14.3 Å². The average molecular weight is 370 g/mol. The summed E-state index contributed by atoms with van der Waals surface area (Å²) in [6.45, 7) is 1.91. The van der Waals surface area contributed by atoms with Gasteiger partial charge in [-0.15, -0.1) is 11.3 Å². The second kappa shape index (κ2) is 7.50. The van der Waals surface area contributed by atoms with Gasteiger partial charge >= 0.3 is 5.97 Å². The molecule has 0 saturated carbocycles. The van der Waals surface area contributed by atoms with E-state index in [1.165, 1.54) is 40.3 Å². The molecule has 1 aromatic carbocycles. The molecule has 1 aromatic heterocycles. The third-order valence-electron chi connectivity index (χ3n) is 4.90. The summed E-state index contributed by atoms with van der Waals surface area (Å²) in [6, 6.07) is 9.71. The van der Waals surface area contributed by atoms with E-state index < -0.39 is 5.97 Å². The van der Waals surface area contributed by atoms with Crippen LogP contribution in [0.5, 0.6) is 0 Å². The molecule has 1 N–H and O–H groups in total. The topological polar surface area (TPSA) is 58.6 Å². The second-order valence-electron chi connectivity index (χ2n) is 6.78. The van der Waals surface area contributed by atoms with Crippen LogP contribution in [0.15, 0.2) is 30.3 Å². The molecule has 1 aliphatic carbocycles. The Bertz CT molecular complexity index is 785. The van der Waals surface area contributed by atoms with Crippen molar-refractivity contribution in [2.75, 3.05) is 29.9 Å². The van der Waals surface area contributed by atoms with Gasteiger partial charge in [-0.2, -0.15) is 0 Å². The summed E-state index contributed by atoms with van der Waals surface area (Å²) in [5, 5.41) is 2.77. The molecule has 26 heavy (non-hydrogen) atoms. The van der Waals surface area contributed by atoms with E-state index in [0.717, 1.165) is 32.4 Å². The fraction of sp³-hybridized carbons (Fsp3) is 0.400. The molecule has 0 bridgehead atoms. The van der Waals surface area contributed by atoms with E-state index in [4.69, 9.17) is 4.74 Å². The molecule has 1 fully saturated rings. The van der Waals surface area contributed by atoms with Crippen LogP contribution in [0.4, 0.5) is 11.4 Å². The molecule has 0 radical (unpaired) electrons. The minimum Gasteiger partial charge on any atom is -0.451 e. The molecule has 136 valence electrons. The van der Waals surface area contributed by atoms with Gasteiger partial charge in [0.1, 0.15) is 4.88 Å². The number of fused-ring (bicyclic) bond motifs is 1. The summed E-state index contributed by atoms with van der Waals surface area (Å²) in [6.07, 6.45) is 5.71. The molecule has 6 heteroatoms. The lowest BCUT2D eigenvalue weighted by Crippen LogP contribution is -2.21. The van der Waals surface area contributed by atoms with Gasteiger partial charge in [0, 0.05) is 29.3 Å². The van der Waals surface area contributed by atoms with E-state index >= 15 is 0 Å². The minimum atomic E-state index is -0.413. The van der Waals surface area contributed by atoms with Gasteiger partial charge in [-0.3, -0.25) is 4.79 Å². The zero-order valence-electron chi connectivity index (χ0n) is 14.6. The molecule has 1 saturated heterocycles. The van der Waals surface area contributed by atoms with Gasteiger partial charge < -0.3 is 15.0 Å². The number of ether oxygens (including phenoxy) is 1. The number of hydrogen-bond acceptors (Lipinski definition) is 5. The van der Waals surface area contributed by atoms with Crippen molar-refractivity contribution in [2.24, 2.45) is 0 Å². The summed E-state index contributed by atoms with van der Waals surface area (Å²) in [5.74, 6) is -0.736. The van der Waals surface area contributed by atoms with Crippen LogP contribution in [-0.2, 0) is 22.4 Å². The molecule has 1 aliphatic heterocycles. The second-order valence-corrected chi connectivity index (χ2v) is 7.91. The Hall–Kier alpha value is -2.34. The summed E-state index contributed by atoms with van der Waals surface area (Å²) in [4.78, 5) is 28.3. The number of carbonyl (C=O) groups is 2. The summed E-state index contributed by atoms with van der Waals surface area (Å²) in [7, 11) is 0. The third-order valence-corrected chi connectivity index (χ3v) is 6.12. The number of rotatable bonds is 5. The van der Waals surface area contributed by atoms with Gasteiger partial charge in [-0.25, -0.2) is 4.79 Å². The van der Waals surface area contributed by atoms with Crippen molar-refractivity contribution in [3.05, 3.63) is 45.6 Å². The minimum absolute atomic E-state index is 0.269. The number of hydrogen-bond donors (Lipinski definition) is 1. The van der Waals surface area contributed by atoms with Gasteiger partial charge in [0.05, 0.1) is 0 Å². The number of amides is 1. The predicted octanol–water partition coefficient (Wildman–Crippen LogP) is 3.63. The number of nitrogens with one attached hydrogen (secondary N) is 1. The van der Waals surface area contributed by atoms with Gasteiger partial charge in [0.25, 0.3) is 5.91 Å². The highest BCUT2D eigenvalue weighted by Gasteiger charge is 2.20. The Balaban J connectivity index is 1.27. The Morgan fingerprint density at radius 2 is 1.85 bits per heavy atom. The maximum atomic E-state index is 12.1. The van der Waals surface area contributed by atoms with Gasteiger partial charge in [0.15, 0.2) is 6.61 Å². The maximum Gasteiger partial charge on any atom is 0.348 e. The monoisotopic (exact) mass is 370 g/mol. The quantitative estimate of drug-likeness (QED) is 0.817. The summed E-state index contributed by atoms with van der Waals surface area (Å²) in [5.41, 5.74) is 3.14. The van der Waals surface area contributed by atoms with Gasteiger partial charge in [-0.05, 0) is 68.0 Å². The molecule has 1 amide bonds. The highest BCUT2D eigenvalue weighted by Crippen LogP contribution is 2.31. The first-order valence-corrected chi connectivity index (χ1v) is 9.94. The number of carbonyl (C=O) groups excluding carboxylic acids is 2. The lowest BCUT2D eigenvalue weighted by atomic mass is 10.2. The van der Waals surface area contributed by atoms with Crippen LogP contribution in [0.1, 0.15) is 39.4 Å². The maximum absolute atomic E-state index is 12.1. The lowest BCUT2D eigenvalue weighted by Gasteiger charge is -2.17. The Labute approximate surface area is 157 Å². The highest BCUT2D eigenvalue weighted by molar-refractivity contribution is 7.14. The molecule has 2 aromatic rings. The van der Waals surface area contributed by atoms with Crippen LogP contribution in [-0.4, -0.2) is 31.6 Å². The molecule has 0 atom stereocenters. The molecule has 0 spiro atoms. The van der Waals surface area contributed by atoms with Crippen LogP contribution < -0.4 is 10.2 Å². The van der Waals surface area contributed by atoms with Crippen molar-refractivity contribution in [1.82, 2.24) is 0 Å². The molecular weight excluding hydrogens is 348 g/mol. The smallest absolute Gasteiger partial charge is 0.348 e. The fourth-order valence-electron chi connectivity index (χ4n) is 3.56. The average Bonchev–Trinajstić information content (AvgIpc) is 3.37. The van der Waals surface area contributed by atoms with Crippen molar-refractivity contribution in [1.29, 1.82) is 0 Å². The van der Waals surface area contributed by atoms with E-state index in [-0.39, 0.29) is 12.5 Å². The standard InChI is InChI=1S/C20H22N2O3S/c23-19(13-25-20(24)18-12-14-4-3-5-17(14)26-18)21-15-6-8-16(9-7-15)22-10-1-2-11-22/h6-9,12H,1-5,10-11,13H2,(H,21,23). The Morgan fingerprint density at radius 1 is 1.08 bits per heavy atom. The fourth-order valence-corrected chi connectivity index (χ4v) is 4.71. The van der Waals surface area contributed by atoms with Gasteiger partial charge in [0.2, 0.25) is 0 Å². The van der Waals surface area contributed by atoms with Crippen LogP contribution in [0.25, 0.3) is 0 Å². The van der Waals surface area contributed by atoms with Crippen LogP contribution in [0.3, 0.4) is 0 Å². The number of esters is 1. The molecule has 5 nitrogen and oxygen atoms in total. The molecular formula is C20H22N2O3S. The molecule has 2 heterocycles. The number of thiophene rings is 1. The first kappa shape index (κ1) is 17.1. The van der Waals surface area contributed by atoms with Crippen molar-refractivity contribution in [3.8, 4) is 0 Å². The van der Waals surface area contributed by atoms with E-state index in [0.29, 0.717) is 10.6 Å². The first-order valence-electron chi connectivity index (χ1n) is 9.12. The Morgan fingerprint density at radius 3 is 2.58 bits per heavy atom. The lowest BCUT2D eigenvalue weighted by molar-refractivity contribution is -0.119. The molecule has 4 rings (SSSR count). The van der Waals surface area contributed by atoms with Crippen molar-refractivity contribution in [3.63, 3.8) is 0 Å². The SMILES string of the molecule is O=C(COC(=O)c1cc2c(s1)CCC2)Nc1ccc(N2CCCC2)cc1. The summed E-state index contributed by atoms with van der Waals surface area (Å²) >= 11 is 1.49. The van der Waals surface area contributed by atoms with E-state index in [1.807, 2.05) is 30.3 Å². The van der Waals surface area contributed by atoms with E-state index in [2.05, 4.69) is 10.2 Å². The molecule has 2 aliphatic rings. The van der Waals surface area contributed by atoms with Crippen molar-refractivity contribution >= 4 is 34.6 Å². The number of anilines is 2. The molecule has 0 unspecified atom stereocenters. The number of nitrogens with zero attached hydrogens (tertiary/aromatic N) is 1. The normalized spacial score (nSPS) is 15.8. The van der Waals surface area contributed by atoms with Gasteiger partial charge in [-0.1, -0.05) is 0 Å². The summed E-state index contributed by atoms with van der Waals surface area (Å²) < 4.78 is 5.16. The van der Waals surface area contributed by atoms with Crippen molar-refractivity contribution in [2.45, 2.75) is 32.1 Å². The first-order chi connectivity index (χ1) is 12.7. The zero-order chi connectivity index (χ0) is 17.9. The zero-order valence-corrected chi connectivity index (χ0v) is 15.4. The predicted molar refractivity (Wildman–Crippen MR) is 103 cm³/mol. The number of benzene rings is 1. The van der Waals surface area contributed by atoms with E-state index in [9.17, 15) is 9.59 Å². The number of aryl methyl sites for hydroxylation is 2. The highest BCUT2D eigenvalue weighted by atomic mass is 32.1. The van der Waals surface area contributed by atoms with Crippen LogP contribution >= 0.6 is 11.3 Å². The largest absolute Gasteiger partial charge is 0.451 e. The van der Waals surface area contributed by atoms with Crippen LogP contribution in [0.2, 0.25) is 0 Å². The Kier molecular flexibility index (Phi) is 4.93. The van der Waals surface area contributed by atoms with Crippen LogP contribution in [0, 0.1) is 0 Å². The third kappa shape index (κ3) is 3.75. The van der Waals surface area contributed by atoms with E-state index in [1.54, 1.807) is 0 Å².